The number of benzene rings is 2. The van der Waals surface area contributed by atoms with Gasteiger partial charge in [0.25, 0.3) is 5.91 Å². The molecule has 1 N–H and O–H groups in total. The zero-order valence-electron chi connectivity index (χ0n) is 13.7. The van der Waals surface area contributed by atoms with Crippen molar-refractivity contribution in [1.82, 2.24) is 10.3 Å². The second kappa shape index (κ2) is 8.52. The highest BCUT2D eigenvalue weighted by atomic mass is 35.5. The number of nitrogens with one attached hydrogen (secondary N) is 1. The number of thioether (sulfide) groups is 1. The number of carbonyl (C=O) groups excluding carboxylic acids is 1. The maximum absolute atomic E-state index is 12.3. The van der Waals surface area contributed by atoms with E-state index < -0.39 is 0 Å². The summed E-state index contributed by atoms with van der Waals surface area (Å²) in [6.07, 6.45) is 0. The Morgan fingerprint density at radius 1 is 1.20 bits per heavy atom. The Balaban J connectivity index is 1.54. The second-order valence-corrected chi connectivity index (χ2v) is 7.96. The van der Waals surface area contributed by atoms with E-state index in [2.05, 4.69) is 15.7 Å². The summed E-state index contributed by atoms with van der Waals surface area (Å²) in [7, 11) is 0. The van der Waals surface area contributed by atoms with Gasteiger partial charge in [0.15, 0.2) is 0 Å². The lowest BCUT2D eigenvalue weighted by molar-refractivity contribution is 0.0951. The third kappa shape index (κ3) is 5.08. The molecule has 0 bridgehead atoms. The molecule has 0 saturated carbocycles. The van der Waals surface area contributed by atoms with Crippen LogP contribution in [-0.4, -0.2) is 10.9 Å². The van der Waals surface area contributed by atoms with Crippen LogP contribution in [-0.2, 0) is 12.3 Å². The lowest BCUT2D eigenvalue weighted by Crippen LogP contribution is -2.22. The molecule has 128 valence electrons. The Bertz CT molecular complexity index is 862. The van der Waals surface area contributed by atoms with E-state index in [4.69, 9.17) is 11.6 Å². The Hall–Kier alpha value is -1.82. The number of halogens is 1. The van der Waals surface area contributed by atoms with Gasteiger partial charge in [0, 0.05) is 33.2 Å². The summed E-state index contributed by atoms with van der Waals surface area (Å²) >= 11 is 9.48. The van der Waals surface area contributed by atoms with Crippen molar-refractivity contribution in [2.24, 2.45) is 0 Å². The highest BCUT2D eigenvalue weighted by Gasteiger charge is 2.07. The molecule has 3 aromatic rings. The molecule has 0 spiro atoms. The van der Waals surface area contributed by atoms with Crippen molar-refractivity contribution in [1.29, 1.82) is 0 Å². The molecule has 0 aliphatic carbocycles. The lowest BCUT2D eigenvalue weighted by Gasteiger charge is -2.07. The maximum atomic E-state index is 12.3. The molecular weight excluding hydrogens is 372 g/mol. The van der Waals surface area contributed by atoms with Gasteiger partial charge in [-0.25, -0.2) is 4.98 Å². The lowest BCUT2D eigenvalue weighted by atomic mass is 10.2. The van der Waals surface area contributed by atoms with E-state index in [1.807, 2.05) is 55.5 Å². The van der Waals surface area contributed by atoms with Crippen LogP contribution >= 0.6 is 34.7 Å². The topological polar surface area (TPSA) is 42.0 Å². The summed E-state index contributed by atoms with van der Waals surface area (Å²) in [5.74, 6) is 0.731. The number of thiazole rings is 1. The molecule has 1 amide bonds. The summed E-state index contributed by atoms with van der Waals surface area (Å²) in [6.45, 7) is 2.42. The first-order valence-electron chi connectivity index (χ1n) is 7.77. The van der Waals surface area contributed by atoms with Gasteiger partial charge >= 0.3 is 0 Å². The molecule has 0 unspecified atom stereocenters. The third-order valence-corrected chi connectivity index (χ3v) is 5.80. The van der Waals surface area contributed by atoms with E-state index in [9.17, 15) is 4.79 Å². The van der Waals surface area contributed by atoms with Crippen LogP contribution in [0.5, 0.6) is 0 Å². The number of hydrogen-bond acceptors (Lipinski definition) is 4. The van der Waals surface area contributed by atoms with Gasteiger partial charge in [-0.15, -0.1) is 23.1 Å². The minimum Gasteiger partial charge on any atom is -0.348 e. The number of aryl methyl sites for hydroxylation is 1. The Kier molecular flexibility index (Phi) is 6.13. The van der Waals surface area contributed by atoms with E-state index >= 15 is 0 Å². The van der Waals surface area contributed by atoms with Gasteiger partial charge in [-0.1, -0.05) is 29.8 Å². The molecule has 3 rings (SSSR count). The molecule has 1 aromatic heterocycles. The normalized spacial score (nSPS) is 10.6. The fraction of sp³-hybridized carbons (Fsp3) is 0.158. The number of rotatable bonds is 6. The number of amides is 1. The average molecular weight is 389 g/mol. The third-order valence-electron chi connectivity index (χ3n) is 3.57. The predicted octanol–water partition coefficient (Wildman–Crippen LogP) is 5.33. The van der Waals surface area contributed by atoms with Gasteiger partial charge in [-0.2, -0.15) is 0 Å². The summed E-state index contributed by atoms with van der Waals surface area (Å²) in [6, 6.07) is 15.1. The van der Waals surface area contributed by atoms with E-state index in [1.54, 1.807) is 23.1 Å². The van der Waals surface area contributed by atoms with Gasteiger partial charge in [-0.3, -0.25) is 4.79 Å². The van der Waals surface area contributed by atoms with Gasteiger partial charge in [0.1, 0.15) is 0 Å². The zero-order chi connectivity index (χ0) is 17.6. The van der Waals surface area contributed by atoms with Crippen LogP contribution in [0.2, 0.25) is 5.02 Å². The quantitative estimate of drug-likeness (QED) is 0.580. The highest BCUT2D eigenvalue weighted by molar-refractivity contribution is 7.98. The van der Waals surface area contributed by atoms with Crippen molar-refractivity contribution in [3.63, 3.8) is 0 Å². The number of hydrogen-bond donors (Lipinski definition) is 1. The van der Waals surface area contributed by atoms with Crippen LogP contribution in [0.25, 0.3) is 0 Å². The summed E-state index contributed by atoms with van der Waals surface area (Å²) in [4.78, 5) is 17.8. The molecule has 0 radical (unpaired) electrons. The van der Waals surface area contributed by atoms with Crippen LogP contribution in [0.15, 0.2) is 58.8 Å². The molecule has 0 aliphatic heterocycles. The van der Waals surface area contributed by atoms with Crippen molar-refractivity contribution >= 4 is 40.6 Å². The van der Waals surface area contributed by atoms with Gasteiger partial charge in [0.2, 0.25) is 0 Å². The molecule has 2 aromatic carbocycles. The van der Waals surface area contributed by atoms with Crippen molar-refractivity contribution < 1.29 is 4.79 Å². The fourth-order valence-electron chi connectivity index (χ4n) is 2.25. The van der Waals surface area contributed by atoms with Crippen molar-refractivity contribution in [2.45, 2.75) is 24.1 Å². The fourth-order valence-corrected chi connectivity index (χ4v) is 3.97. The minimum absolute atomic E-state index is 0.105. The molecule has 25 heavy (non-hydrogen) atoms. The molecule has 1 heterocycles. The minimum atomic E-state index is -0.105. The summed E-state index contributed by atoms with van der Waals surface area (Å²) in [5, 5.41) is 6.72. The average Bonchev–Trinajstić information content (AvgIpc) is 3.05. The molecule has 0 aliphatic rings. The van der Waals surface area contributed by atoms with Crippen molar-refractivity contribution in [3.8, 4) is 0 Å². The van der Waals surface area contributed by atoms with Crippen molar-refractivity contribution in [3.05, 3.63) is 80.8 Å². The molecule has 0 fully saturated rings. The summed E-state index contributed by atoms with van der Waals surface area (Å²) < 4.78 is 0. The van der Waals surface area contributed by atoms with Crippen LogP contribution < -0.4 is 5.32 Å². The molecule has 6 heteroatoms. The first-order chi connectivity index (χ1) is 12.1. The van der Waals surface area contributed by atoms with Crippen molar-refractivity contribution in [2.75, 3.05) is 0 Å². The van der Waals surface area contributed by atoms with Gasteiger partial charge < -0.3 is 5.32 Å². The molecular formula is C19H17ClN2OS2. The molecule has 0 saturated heterocycles. The zero-order valence-corrected chi connectivity index (χ0v) is 16.0. The number of carbonyl (C=O) groups is 1. The first kappa shape index (κ1) is 18.0. The van der Waals surface area contributed by atoms with E-state index in [0.717, 1.165) is 26.9 Å². The smallest absolute Gasteiger partial charge is 0.251 e. The van der Waals surface area contributed by atoms with Crippen LogP contribution in [0.4, 0.5) is 0 Å². The van der Waals surface area contributed by atoms with Gasteiger partial charge in [0.05, 0.1) is 10.7 Å². The maximum Gasteiger partial charge on any atom is 0.251 e. The Morgan fingerprint density at radius 2 is 1.96 bits per heavy atom. The standard InChI is InChI=1S/C19H17ClN2OS2/c1-13-22-16(11-24-13)12-25-17-8-6-14(7-9-17)19(23)21-10-15-4-2-3-5-18(15)20/h2-9,11H,10,12H2,1H3,(H,21,23). The summed E-state index contributed by atoms with van der Waals surface area (Å²) in [5.41, 5.74) is 2.64. The van der Waals surface area contributed by atoms with E-state index in [0.29, 0.717) is 17.1 Å². The predicted molar refractivity (Wildman–Crippen MR) is 105 cm³/mol. The van der Waals surface area contributed by atoms with E-state index in [1.165, 1.54) is 0 Å². The van der Waals surface area contributed by atoms with Gasteiger partial charge in [-0.05, 0) is 42.8 Å². The first-order valence-corrected chi connectivity index (χ1v) is 10.0. The SMILES string of the molecule is Cc1nc(CSc2ccc(C(=O)NCc3ccccc3Cl)cc2)cs1. The monoisotopic (exact) mass is 388 g/mol. The molecule has 0 atom stereocenters. The molecule has 3 nitrogen and oxygen atoms in total. The number of aromatic nitrogens is 1. The van der Waals surface area contributed by atoms with Crippen LogP contribution in [0.3, 0.4) is 0 Å². The second-order valence-electron chi connectivity index (χ2n) is 5.45. The number of nitrogens with zero attached hydrogens (tertiary/aromatic N) is 1. The largest absolute Gasteiger partial charge is 0.348 e. The van der Waals surface area contributed by atoms with Crippen LogP contribution in [0.1, 0.15) is 26.6 Å². The van der Waals surface area contributed by atoms with E-state index in [-0.39, 0.29) is 5.91 Å². The Morgan fingerprint density at radius 3 is 2.64 bits per heavy atom. The highest BCUT2D eigenvalue weighted by Crippen LogP contribution is 2.24. The van der Waals surface area contributed by atoms with Crippen LogP contribution in [0, 0.1) is 6.92 Å². The Labute approximate surface area is 160 Å².